The summed E-state index contributed by atoms with van der Waals surface area (Å²) in [5.41, 5.74) is 6.16. The third kappa shape index (κ3) is 5.97. The fourth-order valence-corrected chi connectivity index (χ4v) is 9.12. The van der Waals surface area contributed by atoms with Crippen molar-refractivity contribution in [3.63, 3.8) is 0 Å². The van der Waals surface area contributed by atoms with Crippen molar-refractivity contribution < 1.29 is 20.5 Å². The van der Waals surface area contributed by atoms with E-state index < -0.39 is 5.41 Å². The van der Waals surface area contributed by atoms with Crippen LogP contribution >= 0.6 is 0 Å². The van der Waals surface area contributed by atoms with Gasteiger partial charge in [-0.2, -0.15) is 0 Å². The van der Waals surface area contributed by atoms with E-state index in [0.29, 0.717) is 60.3 Å². The van der Waals surface area contributed by atoms with Gasteiger partial charge in [-0.1, -0.05) is 32.0 Å². The number of likely N-dealkylation sites (tertiary alicyclic amines) is 2. The monoisotopic (exact) mass is 719 g/mol. The lowest BCUT2D eigenvalue weighted by atomic mass is 9.73. The van der Waals surface area contributed by atoms with Crippen LogP contribution in [0.25, 0.3) is 22.3 Å². The number of aryl methyl sites for hydroxylation is 1. The number of fused-ring (bicyclic) bond motifs is 3. The van der Waals surface area contributed by atoms with Gasteiger partial charge < -0.3 is 24.4 Å². The molecule has 3 fully saturated rings. The van der Waals surface area contributed by atoms with Gasteiger partial charge in [-0.15, -0.1) is 0 Å². The zero-order chi connectivity index (χ0) is 37.4. The molecule has 4 aliphatic rings. The van der Waals surface area contributed by atoms with Gasteiger partial charge in [0, 0.05) is 70.0 Å². The maximum Gasteiger partial charge on any atom is 0.251 e. The standard InChI is InChI=1S/C42H51N7O4.H2/c1-25(2)48-24-44-35-22-34(45-39(37(35)48)53-31-10-8-26(3)32(21-31)38(51)43-7)28-9-11-33-36(18-28)49(30-19-29(20-30)47-15-12-41(5,6)23-47)40(52)42(33)13-16-46(17-14-42)27(4)50;/h8-11,18,21-22,24-25,29-30H,12-17,19-20,23H2,1-7H3,(H,43,51);1H. The topological polar surface area (TPSA) is 113 Å². The first-order valence-electron chi connectivity index (χ1n) is 19.1. The van der Waals surface area contributed by atoms with E-state index in [9.17, 15) is 14.4 Å². The lowest BCUT2D eigenvalue weighted by Crippen LogP contribution is -2.57. The third-order valence-corrected chi connectivity index (χ3v) is 12.4. The Labute approximate surface area is 313 Å². The van der Waals surface area contributed by atoms with Crippen LogP contribution in [0.3, 0.4) is 0 Å². The molecular formula is C42H53N7O4. The van der Waals surface area contributed by atoms with E-state index in [-0.39, 0.29) is 31.2 Å². The Kier molecular flexibility index (Phi) is 8.63. The van der Waals surface area contributed by atoms with Crippen molar-refractivity contribution >= 4 is 34.4 Å². The molecule has 11 heteroatoms. The number of rotatable bonds is 7. The highest BCUT2D eigenvalue weighted by Crippen LogP contribution is 2.52. The molecule has 11 nitrogen and oxygen atoms in total. The maximum atomic E-state index is 14.8. The highest BCUT2D eigenvalue weighted by Gasteiger charge is 2.56. The van der Waals surface area contributed by atoms with Gasteiger partial charge >= 0.3 is 0 Å². The minimum absolute atomic E-state index is 0. The summed E-state index contributed by atoms with van der Waals surface area (Å²) >= 11 is 0. The molecule has 2 aromatic carbocycles. The first-order valence-corrected chi connectivity index (χ1v) is 19.1. The number of piperidine rings is 1. The van der Waals surface area contributed by atoms with E-state index in [1.165, 1.54) is 6.42 Å². The number of nitrogens with zero attached hydrogens (tertiary/aromatic N) is 6. The van der Waals surface area contributed by atoms with Crippen LogP contribution in [0.5, 0.6) is 11.6 Å². The number of imidazole rings is 1. The number of anilines is 1. The molecule has 1 aliphatic carbocycles. The van der Waals surface area contributed by atoms with E-state index in [1.807, 2.05) is 40.9 Å². The fraction of sp³-hybridized carbons (Fsp3) is 0.500. The average molecular weight is 720 g/mol. The molecule has 5 heterocycles. The van der Waals surface area contributed by atoms with Crippen molar-refractivity contribution in [3.8, 4) is 22.9 Å². The van der Waals surface area contributed by atoms with Crippen LogP contribution in [0, 0.1) is 12.3 Å². The Morgan fingerprint density at radius 1 is 1.00 bits per heavy atom. The lowest BCUT2D eigenvalue weighted by molar-refractivity contribution is -0.134. The Balaban J connectivity index is 0.00000450. The molecule has 1 saturated carbocycles. The highest BCUT2D eigenvalue weighted by atomic mass is 16.5. The maximum absolute atomic E-state index is 14.8. The largest absolute Gasteiger partial charge is 0.437 e. The second kappa shape index (κ2) is 13.0. The third-order valence-electron chi connectivity index (χ3n) is 12.4. The van der Waals surface area contributed by atoms with Crippen LogP contribution < -0.4 is 15.0 Å². The normalized spacial score (nSPS) is 22.1. The molecule has 280 valence electrons. The summed E-state index contributed by atoms with van der Waals surface area (Å²) in [5, 5.41) is 2.71. The quantitative estimate of drug-likeness (QED) is 0.222. The SMILES string of the molecule is CNC(=O)c1cc(Oc2nc(-c3ccc4c(c3)N(C3CC(N5CCC(C)(C)C5)C3)C(=O)C43CCN(C(C)=O)CC3)cc3ncn(C(C)C)c23)ccc1C.[HH]. The summed E-state index contributed by atoms with van der Waals surface area (Å²) in [7, 11) is 1.62. The summed E-state index contributed by atoms with van der Waals surface area (Å²) in [6, 6.07) is 14.5. The van der Waals surface area contributed by atoms with Crippen LogP contribution in [0.2, 0.25) is 0 Å². The molecule has 0 unspecified atom stereocenters. The van der Waals surface area contributed by atoms with Gasteiger partial charge in [0.05, 0.1) is 23.0 Å². The molecular weight excluding hydrogens is 667 g/mol. The van der Waals surface area contributed by atoms with Crippen molar-refractivity contribution in [3.05, 3.63) is 65.5 Å². The van der Waals surface area contributed by atoms with Gasteiger partial charge in [-0.05, 0) is 100 Å². The van der Waals surface area contributed by atoms with E-state index in [1.54, 1.807) is 20.0 Å². The van der Waals surface area contributed by atoms with Crippen LogP contribution in [0.15, 0.2) is 48.8 Å². The molecule has 1 spiro atoms. The van der Waals surface area contributed by atoms with Crippen LogP contribution in [0.4, 0.5) is 5.69 Å². The number of carbonyl (C=O) groups is 3. The first-order chi connectivity index (χ1) is 25.3. The number of benzene rings is 2. The molecule has 0 radical (unpaired) electrons. The number of amides is 3. The van der Waals surface area contributed by atoms with Gasteiger partial charge in [0.15, 0.2) is 0 Å². The number of hydrogen-bond donors (Lipinski definition) is 1. The van der Waals surface area contributed by atoms with Crippen molar-refractivity contribution in [2.45, 2.75) is 97.2 Å². The number of hydrogen-bond acceptors (Lipinski definition) is 7. The molecule has 1 N–H and O–H groups in total. The number of ether oxygens (including phenoxy) is 1. The Bertz CT molecular complexity index is 2130. The van der Waals surface area contributed by atoms with Gasteiger partial charge in [-0.3, -0.25) is 19.3 Å². The zero-order valence-electron chi connectivity index (χ0n) is 32.0. The molecule has 53 heavy (non-hydrogen) atoms. The zero-order valence-corrected chi connectivity index (χ0v) is 32.0. The van der Waals surface area contributed by atoms with Crippen molar-refractivity contribution in [2.24, 2.45) is 5.41 Å². The number of nitrogens with one attached hydrogen (secondary N) is 1. The van der Waals surface area contributed by atoms with Crippen molar-refractivity contribution in [1.82, 2.24) is 29.7 Å². The minimum atomic E-state index is -0.643. The fourth-order valence-electron chi connectivity index (χ4n) is 9.12. The smallest absolute Gasteiger partial charge is 0.251 e. The van der Waals surface area contributed by atoms with Gasteiger partial charge in [-0.25, -0.2) is 9.97 Å². The van der Waals surface area contributed by atoms with Gasteiger partial charge in [0.25, 0.3) is 5.91 Å². The summed E-state index contributed by atoms with van der Waals surface area (Å²) < 4.78 is 8.58. The molecule has 2 aromatic heterocycles. The van der Waals surface area contributed by atoms with Crippen molar-refractivity contribution in [2.75, 3.05) is 38.1 Å². The van der Waals surface area contributed by atoms with Gasteiger partial charge in [0.2, 0.25) is 17.7 Å². The Morgan fingerprint density at radius 2 is 1.75 bits per heavy atom. The number of carbonyl (C=O) groups excluding carboxylic acids is 3. The molecule has 3 aliphatic heterocycles. The minimum Gasteiger partial charge on any atom is -0.437 e. The molecule has 4 aromatic rings. The summed E-state index contributed by atoms with van der Waals surface area (Å²) in [5.74, 6) is 0.945. The number of aromatic nitrogens is 3. The summed E-state index contributed by atoms with van der Waals surface area (Å²) in [6.07, 6.45) is 6.18. The predicted molar refractivity (Wildman–Crippen MR) is 208 cm³/mol. The first kappa shape index (κ1) is 35.3. The van der Waals surface area contributed by atoms with E-state index in [0.717, 1.165) is 59.3 Å². The molecule has 8 rings (SSSR count). The second-order valence-corrected chi connectivity index (χ2v) is 16.7. The number of pyridine rings is 1. The molecule has 0 bridgehead atoms. The second-order valence-electron chi connectivity index (χ2n) is 16.7. The van der Waals surface area contributed by atoms with E-state index in [2.05, 4.69) is 61.0 Å². The Morgan fingerprint density at radius 3 is 2.42 bits per heavy atom. The van der Waals surface area contributed by atoms with Crippen LogP contribution in [-0.2, 0) is 15.0 Å². The summed E-state index contributed by atoms with van der Waals surface area (Å²) in [4.78, 5) is 56.2. The van der Waals surface area contributed by atoms with Crippen LogP contribution in [0.1, 0.15) is 95.7 Å². The Hall–Kier alpha value is -4.77. The molecule has 3 amide bonds. The highest BCUT2D eigenvalue weighted by molar-refractivity contribution is 6.09. The lowest BCUT2D eigenvalue weighted by Gasteiger charge is -2.46. The average Bonchev–Trinajstić information content (AvgIpc) is 3.77. The van der Waals surface area contributed by atoms with Crippen molar-refractivity contribution in [1.29, 1.82) is 0 Å². The predicted octanol–water partition coefficient (Wildman–Crippen LogP) is 6.88. The van der Waals surface area contributed by atoms with E-state index in [4.69, 9.17) is 14.7 Å². The van der Waals surface area contributed by atoms with E-state index >= 15 is 0 Å². The summed E-state index contributed by atoms with van der Waals surface area (Å²) in [6.45, 7) is 15.7. The molecule has 2 saturated heterocycles. The van der Waals surface area contributed by atoms with Gasteiger partial charge in [0.1, 0.15) is 11.3 Å². The molecule has 0 atom stereocenters. The van der Waals surface area contributed by atoms with Crippen LogP contribution in [-0.4, -0.2) is 87.4 Å².